The molecule has 0 unspecified atom stereocenters. The van der Waals surface area contributed by atoms with Gasteiger partial charge in [-0.05, 0) is 43.2 Å². The fraction of sp³-hybridized carbons (Fsp3) is 0.190. The molecule has 4 rings (SSSR count). The predicted molar refractivity (Wildman–Crippen MR) is 108 cm³/mol. The lowest BCUT2D eigenvalue weighted by Crippen LogP contribution is -2.25. The van der Waals surface area contributed by atoms with Gasteiger partial charge in [0.15, 0.2) is 5.13 Å². The van der Waals surface area contributed by atoms with E-state index in [1.54, 1.807) is 17.9 Å². The van der Waals surface area contributed by atoms with Crippen LogP contribution in [0.1, 0.15) is 28.4 Å². The maximum atomic E-state index is 12.4. The number of nitrogens with zero attached hydrogens (tertiary/aromatic N) is 2. The van der Waals surface area contributed by atoms with Crippen molar-refractivity contribution in [2.45, 2.75) is 20.3 Å². The molecule has 5 nitrogen and oxygen atoms in total. The molecule has 1 aromatic heterocycles. The molecule has 27 heavy (non-hydrogen) atoms. The number of aromatic nitrogens is 1. The van der Waals surface area contributed by atoms with Crippen LogP contribution in [-0.4, -0.2) is 23.3 Å². The molecular formula is C21H19N3O2S. The summed E-state index contributed by atoms with van der Waals surface area (Å²) < 4.78 is 0. The van der Waals surface area contributed by atoms with Gasteiger partial charge in [-0.3, -0.25) is 14.9 Å². The van der Waals surface area contributed by atoms with Crippen LogP contribution in [0.5, 0.6) is 0 Å². The molecule has 1 aliphatic heterocycles. The van der Waals surface area contributed by atoms with Gasteiger partial charge in [0.2, 0.25) is 5.91 Å². The number of thiazole rings is 1. The second kappa shape index (κ2) is 6.96. The number of hydrogen-bond donors (Lipinski definition) is 1. The van der Waals surface area contributed by atoms with E-state index in [2.05, 4.69) is 16.4 Å². The molecule has 2 amide bonds. The molecule has 1 N–H and O–H groups in total. The van der Waals surface area contributed by atoms with Crippen LogP contribution in [0.4, 0.5) is 10.8 Å². The first-order chi connectivity index (χ1) is 13.0. The number of aryl methyl sites for hydroxylation is 1. The Bertz CT molecular complexity index is 1040. The standard InChI is InChI=1S/C21H19N3O2S/c1-13-4-3-5-17(10-13)20(26)23-21-22-18(12-27-21)15-6-7-19-16(11-15)8-9-24(19)14(2)25/h3-7,10-12H,8-9H2,1-2H3,(H,22,23,26). The average Bonchev–Trinajstić information content (AvgIpc) is 3.27. The predicted octanol–water partition coefficient (Wildman–Crippen LogP) is 4.28. The first kappa shape index (κ1) is 17.4. The SMILES string of the molecule is CC(=O)N1CCc2cc(-c3csc(NC(=O)c4cccc(C)c4)n3)ccc21. The first-order valence-corrected chi connectivity index (χ1v) is 9.64. The molecule has 0 aliphatic carbocycles. The molecule has 0 radical (unpaired) electrons. The lowest BCUT2D eigenvalue weighted by atomic mass is 10.1. The molecule has 2 heterocycles. The highest BCUT2D eigenvalue weighted by Gasteiger charge is 2.22. The number of carbonyl (C=O) groups is 2. The number of amides is 2. The lowest BCUT2D eigenvalue weighted by molar-refractivity contribution is -0.116. The minimum atomic E-state index is -0.161. The Hall–Kier alpha value is -2.99. The highest BCUT2D eigenvalue weighted by Crippen LogP contribution is 2.33. The van der Waals surface area contributed by atoms with Gasteiger partial charge in [-0.25, -0.2) is 4.98 Å². The van der Waals surface area contributed by atoms with Crippen molar-refractivity contribution in [1.29, 1.82) is 0 Å². The van der Waals surface area contributed by atoms with Crippen LogP contribution < -0.4 is 10.2 Å². The molecule has 0 saturated carbocycles. The van der Waals surface area contributed by atoms with Gasteiger partial charge >= 0.3 is 0 Å². The van der Waals surface area contributed by atoms with Gasteiger partial charge in [0, 0.05) is 35.7 Å². The van der Waals surface area contributed by atoms with E-state index in [-0.39, 0.29) is 11.8 Å². The van der Waals surface area contributed by atoms with Crippen LogP contribution in [0, 0.1) is 6.92 Å². The average molecular weight is 377 g/mol. The summed E-state index contributed by atoms with van der Waals surface area (Å²) in [6.45, 7) is 4.27. The summed E-state index contributed by atoms with van der Waals surface area (Å²) in [5.74, 6) is -0.0954. The molecule has 2 aromatic carbocycles. The fourth-order valence-electron chi connectivity index (χ4n) is 3.31. The van der Waals surface area contributed by atoms with Gasteiger partial charge in [0.25, 0.3) is 5.91 Å². The Morgan fingerprint density at radius 1 is 1.19 bits per heavy atom. The van der Waals surface area contributed by atoms with Crippen molar-refractivity contribution >= 4 is 34.0 Å². The van der Waals surface area contributed by atoms with Gasteiger partial charge in [0.1, 0.15) is 0 Å². The van der Waals surface area contributed by atoms with E-state index in [0.717, 1.165) is 41.0 Å². The summed E-state index contributed by atoms with van der Waals surface area (Å²) in [6.07, 6.45) is 0.851. The molecule has 0 fully saturated rings. The van der Waals surface area contributed by atoms with E-state index in [1.165, 1.54) is 11.3 Å². The maximum Gasteiger partial charge on any atom is 0.257 e. The first-order valence-electron chi connectivity index (χ1n) is 8.76. The van der Waals surface area contributed by atoms with Crippen molar-refractivity contribution in [3.8, 4) is 11.3 Å². The number of rotatable bonds is 3. The fourth-order valence-corrected chi connectivity index (χ4v) is 4.02. The van der Waals surface area contributed by atoms with E-state index in [9.17, 15) is 9.59 Å². The van der Waals surface area contributed by atoms with Crippen molar-refractivity contribution in [2.24, 2.45) is 0 Å². The second-order valence-corrected chi connectivity index (χ2v) is 7.48. The largest absolute Gasteiger partial charge is 0.312 e. The molecule has 0 spiro atoms. The van der Waals surface area contributed by atoms with E-state index in [4.69, 9.17) is 0 Å². The van der Waals surface area contributed by atoms with Crippen LogP contribution in [-0.2, 0) is 11.2 Å². The number of hydrogen-bond acceptors (Lipinski definition) is 4. The van der Waals surface area contributed by atoms with Crippen LogP contribution in [0.2, 0.25) is 0 Å². The third-order valence-corrected chi connectivity index (χ3v) is 5.41. The summed E-state index contributed by atoms with van der Waals surface area (Å²) in [6, 6.07) is 13.5. The molecule has 1 aliphatic rings. The van der Waals surface area contributed by atoms with Gasteiger partial charge in [0.05, 0.1) is 5.69 Å². The quantitative estimate of drug-likeness (QED) is 0.741. The third kappa shape index (κ3) is 3.48. The van der Waals surface area contributed by atoms with Crippen molar-refractivity contribution < 1.29 is 9.59 Å². The molecular weight excluding hydrogens is 358 g/mol. The minimum Gasteiger partial charge on any atom is -0.312 e. The van der Waals surface area contributed by atoms with E-state index < -0.39 is 0 Å². The zero-order chi connectivity index (χ0) is 19.0. The van der Waals surface area contributed by atoms with Gasteiger partial charge in [-0.1, -0.05) is 23.8 Å². The van der Waals surface area contributed by atoms with Gasteiger partial charge < -0.3 is 4.90 Å². The molecule has 0 saturated heterocycles. The third-order valence-electron chi connectivity index (χ3n) is 4.66. The Balaban J connectivity index is 1.53. The molecule has 136 valence electrons. The summed E-state index contributed by atoms with van der Waals surface area (Å²) in [7, 11) is 0. The number of carbonyl (C=O) groups excluding carboxylic acids is 2. The van der Waals surface area contributed by atoms with Crippen molar-refractivity contribution in [3.05, 3.63) is 64.5 Å². The van der Waals surface area contributed by atoms with Crippen LogP contribution in [0.25, 0.3) is 11.3 Å². The Morgan fingerprint density at radius 2 is 2.04 bits per heavy atom. The van der Waals surface area contributed by atoms with Gasteiger partial charge in [-0.2, -0.15) is 0 Å². The number of benzene rings is 2. The topological polar surface area (TPSA) is 62.3 Å². The zero-order valence-corrected chi connectivity index (χ0v) is 16.0. The number of anilines is 2. The number of fused-ring (bicyclic) bond motifs is 1. The van der Waals surface area contributed by atoms with E-state index in [0.29, 0.717) is 10.7 Å². The second-order valence-electron chi connectivity index (χ2n) is 6.63. The lowest BCUT2D eigenvalue weighted by Gasteiger charge is -2.14. The van der Waals surface area contributed by atoms with E-state index >= 15 is 0 Å². The highest BCUT2D eigenvalue weighted by atomic mass is 32.1. The summed E-state index contributed by atoms with van der Waals surface area (Å²) in [5, 5.41) is 5.37. The minimum absolute atomic E-state index is 0.0660. The van der Waals surface area contributed by atoms with E-state index in [1.807, 2.05) is 42.6 Å². The van der Waals surface area contributed by atoms with Crippen LogP contribution >= 0.6 is 11.3 Å². The molecule has 3 aromatic rings. The van der Waals surface area contributed by atoms with Crippen LogP contribution in [0.3, 0.4) is 0 Å². The number of nitrogens with one attached hydrogen (secondary N) is 1. The molecule has 0 atom stereocenters. The Labute approximate surface area is 161 Å². The zero-order valence-electron chi connectivity index (χ0n) is 15.2. The maximum absolute atomic E-state index is 12.4. The van der Waals surface area contributed by atoms with Crippen molar-refractivity contribution in [2.75, 3.05) is 16.8 Å². The summed E-state index contributed by atoms with van der Waals surface area (Å²) in [5.41, 5.74) is 5.61. The van der Waals surface area contributed by atoms with Crippen molar-refractivity contribution in [1.82, 2.24) is 4.98 Å². The van der Waals surface area contributed by atoms with Gasteiger partial charge in [-0.15, -0.1) is 11.3 Å². The highest BCUT2D eigenvalue weighted by molar-refractivity contribution is 7.14. The molecule has 6 heteroatoms. The van der Waals surface area contributed by atoms with Crippen LogP contribution in [0.15, 0.2) is 47.8 Å². The Morgan fingerprint density at radius 3 is 2.81 bits per heavy atom. The molecule has 0 bridgehead atoms. The monoisotopic (exact) mass is 377 g/mol. The summed E-state index contributed by atoms with van der Waals surface area (Å²) in [4.78, 5) is 30.4. The Kier molecular flexibility index (Phi) is 4.49. The summed E-state index contributed by atoms with van der Waals surface area (Å²) >= 11 is 1.40. The van der Waals surface area contributed by atoms with Crippen molar-refractivity contribution in [3.63, 3.8) is 0 Å². The smallest absolute Gasteiger partial charge is 0.257 e. The normalized spacial score (nSPS) is 12.7.